The van der Waals surface area contributed by atoms with Gasteiger partial charge >= 0.3 is 11.9 Å². The molecule has 1 aromatic heterocycles. The molecule has 0 radical (unpaired) electrons. The van der Waals surface area contributed by atoms with Gasteiger partial charge in [0.15, 0.2) is 23.2 Å². The van der Waals surface area contributed by atoms with E-state index >= 15 is 0 Å². The molecule has 2 heterocycles. The second kappa shape index (κ2) is 16.5. The number of nitrogens with zero attached hydrogens (tertiary/aromatic N) is 1. The normalized spacial score (nSPS) is 21.0. The van der Waals surface area contributed by atoms with Crippen LogP contribution in [-0.4, -0.2) is 88.5 Å². The first-order valence-electron chi connectivity index (χ1n) is 13.4. The molecule has 0 unspecified atom stereocenters. The van der Waals surface area contributed by atoms with E-state index in [0.717, 1.165) is 5.56 Å². The van der Waals surface area contributed by atoms with Crippen molar-refractivity contribution in [3.63, 3.8) is 0 Å². The van der Waals surface area contributed by atoms with Gasteiger partial charge in [0.05, 0.1) is 26.4 Å². The molecule has 3 rings (SSSR count). The molecule has 0 spiro atoms. The molecule has 1 saturated heterocycles. The van der Waals surface area contributed by atoms with Crippen molar-refractivity contribution in [3.8, 4) is 11.5 Å². The van der Waals surface area contributed by atoms with Gasteiger partial charge in [-0.15, -0.1) is 0 Å². The fourth-order valence-corrected chi connectivity index (χ4v) is 4.39. The lowest BCUT2D eigenvalue weighted by Gasteiger charge is -2.31. The zero-order valence-electron chi connectivity index (χ0n) is 23.8. The quantitative estimate of drug-likeness (QED) is 0.214. The van der Waals surface area contributed by atoms with Crippen LogP contribution in [0, 0.1) is 5.92 Å². The molecule has 12 heteroatoms. The lowest BCUT2D eigenvalue weighted by Crippen LogP contribution is -2.46. The number of aromatic nitrogens is 1. The summed E-state index contributed by atoms with van der Waals surface area (Å²) in [6, 6.07) is 10.3. The molecule has 4 atom stereocenters. The van der Waals surface area contributed by atoms with Crippen molar-refractivity contribution in [2.75, 3.05) is 47.4 Å². The predicted molar refractivity (Wildman–Crippen MR) is 146 cm³/mol. The van der Waals surface area contributed by atoms with Gasteiger partial charge in [-0.25, -0.2) is 9.78 Å². The number of amides is 1. The Morgan fingerprint density at radius 3 is 2.59 bits per heavy atom. The molecule has 1 N–H and O–H groups in total. The van der Waals surface area contributed by atoms with Gasteiger partial charge in [-0.1, -0.05) is 30.3 Å². The molecule has 1 aromatic carbocycles. The SMILES string of the molecule is COCCCO[C@@H]1[C@@H](Cc2ccccc2)COC[C@H](NC(=O)c2nccc(OC)c2OCOC(C)=O)C(=O)O[C@H]1C. The molecule has 1 fully saturated rings. The summed E-state index contributed by atoms with van der Waals surface area (Å²) >= 11 is 0. The van der Waals surface area contributed by atoms with E-state index in [-0.39, 0.29) is 36.3 Å². The number of nitrogens with one attached hydrogen (secondary N) is 1. The van der Waals surface area contributed by atoms with E-state index in [0.29, 0.717) is 26.1 Å². The highest BCUT2D eigenvalue weighted by atomic mass is 16.7. The first-order valence-corrected chi connectivity index (χ1v) is 13.4. The Balaban J connectivity index is 1.77. The highest BCUT2D eigenvalue weighted by Crippen LogP contribution is 2.30. The summed E-state index contributed by atoms with van der Waals surface area (Å²) in [4.78, 5) is 41.7. The molecule has 2 aromatic rings. The molecule has 1 aliphatic rings. The Morgan fingerprint density at radius 1 is 1.10 bits per heavy atom. The zero-order chi connectivity index (χ0) is 29.6. The van der Waals surface area contributed by atoms with Crippen LogP contribution in [-0.2, 0) is 39.7 Å². The average molecular weight is 575 g/mol. The van der Waals surface area contributed by atoms with Crippen LogP contribution in [0.25, 0.3) is 0 Å². The Hall–Kier alpha value is -3.74. The molecule has 0 saturated carbocycles. The first kappa shape index (κ1) is 31.8. The van der Waals surface area contributed by atoms with E-state index in [1.165, 1.54) is 26.3 Å². The number of cyclic esters (lactones) is 1. The van der Waals surface area contributed by atoms with Crippen LogP contribution in [0.3, 0.4) is 0 Å². The molecule has 0 bridgehead atoms. The summed E-state index contributed by atoms with van der Waals surface area (Å²) in [5.74, 6) is -1.96. The third-order valence-electron chi connectivity index (χ3n) is 6.35. The largest absolute Gasteiger partial charge is 0.493 e. The minimum Gasteiger partial charge on any atom is -0.493 e. The van der Waals surface area contributed by atoms with Crippen molar-refractivity contribution in [3.05, 3.63) is 53.9 Å². The van der Waals surface area contributed by atoms with Crippen LogP contribution in [0.4, 0.5) is 0 Å². The van der Waals surface area contributed by atoms with Gasteiger partial charge in [0.1, 0.15) is 6.10 Å². The van der Waals surface area contributed by atoms with Crippen molar-refractivity contribution < 1.29 is 47.5 Å². The van der Waals surface area contributed by atoms with E-state index < -0.39 is 42.9 Å². The predicted octanol–water partition coefficient (Wildman–Crippen LogP) is 2.33. The van der Waals surface area contributed by atoms with Gasteiger partial charge in [0.2, 0.25) is 6.79 Å². The Morgan fingerprint density at radius 2 is 1.88 bits per heavy atom. The number of carbonyl (C=O) groups excluding carboxylic acids is 3. The number of pyridine rings is 1. The summed E-state index contributed by atoms with van der Waals surface area (Å²) in [5, 5.41) is 2.63. The Labute approximate surface area is 239 Å². The average Bonchev–Trinajstić information content (AvgIpc) is 3.00. The fourth-order valence-electron chi connectivity index (χ4n) is 4.39. The van der Waals surface area contributed by atoms with E-state index in [2.05, 4.69) is 10.3 Å². The summed E-state index contributed by atoms with van der Waals surface area (Å²) in [6.07, 6.45) is 1.60. The second-order valence-corrected chi connectivity index (χ2v) is 9.43. The maximum absolute atomic E-state index is 13.3. The minimum absolute atomic E-state index is 0.0491. The highest BCUT2D eigenvalue weighted by Gasteiger charge is 2.36. The summed E-state index contributed by atoms with van der Waals surface area (Å²) in [7, 11) is 3.02. The first-order chi connectivity index (χ1) is 19.8. The lowest BCUT2D eigenvalue weighted by molar-refractivity contribution is -0.160. The number of esters is 2. The van der Waals surface area contributed by atoms with E-state index in [4.69, 9.17) is 33.2 Å². The topological polar surface area (TPSA) is 141 Å². The number of hydrogen-bond donors (Lipinski definition) is 1. The van der Waals surface area contributed by atoms with Crippen LogP contribution < -0.4 is 14.8 Å². The molecule has 0 aliphatic carbocycles. The number of ether oxygens (including phenoxy) is 7. The van der Waals surface area contributed by atoms with Gasteiger partial charge in [0.25, 0.3) is 5.91 Å². The van der Waals surface area contributed by atoms with Gasteiger partial charge < -0.3 is 38.5 Å². The monoisotopic (exact) mass is 574 g/mol. The smallest absolute Gasteiger partial charge is 0.331 e. The highest BCUT2D eigenvalue weighted by molar-refractivity contribution is 5.98. The second-order valence-electron chi connectivity index (χ2n) is 9.43. The van der Waals surface area contributed by atoms with Crippen molar-refractivity contribution >= 4 is 17.8 Å². The number of hydrogen-bond acceptors (Lipinski definition) is 11. The molecule has 224 valence electrons. The Bertz CT molecular complexity index is 1130. The van der Waals surface area contributed by atoms with Gasteiger partial charge in [-0.05, 0) is 25.3 Å². The molecule has 41 heavy (non-hydrogen) atoms. The summed E-state index contributed by atoms with van der Waals surface area (Å²) < 4.78 is 38.7. The lowest BCUT2D eigenvalue weighted by atomic mass is 9.91. The third kappa shape index (κ3) is 9.69. The van der Waals surface area contributed by atoms with E-state index in [1.807, 2.05) is 30.3 Å². The van der Waals surface area contributed by atoms with Crippen LogP contribution in [0.1, 0.15) is 36.3 Å². The van der Waals surface area contributed by atoms with Crippen LogP contribution >= 0.6 is 0 Å². The van der Waals surface area contributed by atoms with Crippen molar-refractivity contribution in [2.45, 2.75) is 44.9 Å². The number of benzene rings is 1. The van der Waals surface area contributed by atoms with E-state index in [1.54, 1.807) is 14.0 Å². The molecular formula is C29H38N2O10. The standard InChI is InChI=1S/C29H38N2O10/c1-19-26(38-14-8-13-35-3)22(15-21-9-6-5-7-10-21)16-37-17-23(29(34)41-19)31-28(33)25-27(40-18-39-20(2)32)24(36-4)11-12-30-25/h5-7,9-12,19,22-23,26H,8,13-18H2,1-4H3,(H,31,33)/t19-,22-,23-,26-/m0/s1. The minimum atomic E-state index is -1.14. The molecule has 1 amide bonds. The number of methoxy groups -OCH3 is 2. The maximum atomic E-state index is 13.3. The molecule has 12 nitrogen and oxygen atoms in total. The zero-order valence-corrected chi connectivity index (χ0v) is 23.8. The van der Waals surface area contributed by atoms with Crippen LogP contribution in [0.15, 0.2) is 42.6 Å². The fraction of sp³-hybridized carbons (Fsp3) is 0.517. The van der Waals surface area contributed by atoms with Crippen molar-refractivity contribution in [1.29, 1.82) is 0 Å². The van der Waals surface area contributed by atoms with Crippen LogP contribution in [0.2, 0.25) is 0 Å². The summed E-state index contributed by atoms with van der Waals surface area (Å²) in [6.45, 7) is 3.63. The molecular weight excluding hydrogens is 536 g/mol. The van der Waals surface area contributed by atoms with Crippen LogP contribution in [0.5, 0.6) is 11.5 Å². The van der Waals surface area contributed by atoms with Crippen molar-refractivity contribution in [2.24, 2.45) is 5.92 Å². The van der Waals surface area contributed by atoms with Gasteiger partial charge in [-0.3, -0.25) is 9.59 Å². The maximum Gasteiger partial charge on any atom is 0.331 e. The Kier molecular flexibility index (Phi) is 12.8. The number of carbonyl (C=O) groups is 3. The third-order valence-corrected chi connectivity index (χ3v) is 6.35. The summed E-state index contributed by atoms with van der Waals surface area (Å²) in [5.41, 5.74) is 0.929. The number of rotatable bonds is 13. The van der Waals surface area contributed by atoms with E-state index in [9.17, 15) is 14.4 Å². The van der Waals surface area contributed by atoms with Crippen molar-refractivity contribution in [1.82, 2.24) is 10.3 Å². The molecule has 1 aliphatic heterocycles. The van der Waals surface area contributed by atoms with Gasteiger partial charge in [-0.2, -0.15) is 0 Å². The van der Waals surface area contributed by atoms with Gasteiger partial charge in [0, 0.05) is 45.4 Å².